The predicted molar refractivity (Wildman–Crippen MR) is 57.1 cm³/mol. The van der Waals surface area contributed by atoms with Crippen LogP contribution in [0.5, 0.6) is 0 Å². The number of hydrogen-bond donors (Lipinski definition) is 0. The monoisotopic (exact) mass is 195 g/mol. The van der Waals surface area contributed by atoms with E-state index in [0.29, 0.717) is 18.0 Å². The van der Waals surface area contributed by atoms with E-state index in [1.807, 2.05) is 0 Å². The minimum absolute atomic E-state index is 0.315. The van der Waals surface area contributed by atoms with E-state index in [0.717, 1.165) is 25.0 Å². The van der Waals surface area contributed by atoms with E-state index in [2.05, 4.69) is 18.7 Å². The number of nitrogens with zero attached hydrogens (tertiary/aromatic N) is 1. The number of carbonyl (C=O) groups excluding carboxylic acids is 1. The van der Waals surface area contributed by atoms with E-state index in [9.17, 15) is 4.79 Å². The first kappa shape index (κ1) is 10.2. The first-order valence-corrected chi connectivity index (χ1v) is 5.91. The van der Waals surface area contributed by atoms with Gasteiger partial charge < -0.3 is 4.79 Å². The molecule has 3 atom stereocenters. The van der Waals surface area contributed by atoms with Gasteiger partial charge in [0.2, 0.25) is 0 Å². The van der Waals surface area contributed by atoms with Crippen molar-refractivity contribution >= 4 is 6.29 Å². The quantitative estimate of drug-likeness (QED) is 0.643. The van der Waals surface area contributed by atoms with Gasteiger partial charge >= 0.3 is 0 Å². The first-order chi connectivity index (χ1) is 6.70. The van der Waals surface area contributed by atoms with Gasteiger partial charge in [-0.15, -0.1) is 0 Å². The average Bonchev–Trinajstić information content (AvgIpc) is 2.94. The van der Waals surface area contributed by atoms with E-state index in [-0.39, 0.29) is 0 Å². The van der Waals surface area contributed by atoms with Crippen LogP contribution in [0.2, 0.25) is 0 Å². The summed E-state index contributed by atoms with van der Waals surface area (Å²) >= 11 is 0. The molecule has 2 nitrogen and oxygen atoms in total. The Balaban J connectivity index is 1.92. The van der Waals surface area contributed by atoms with Crippen molar-refractivity contribution in [3.05, 3.63) is 0 Å². The van der Waals surface area contributed by atoms with Crippen LogP contribution in [0, 0.1) is 11.8 Å². The molecular formula is C12H21NO. The second kappa shape index (κ2) is 4.01. The Morgan fingerprint density at radius 3 is 2.21 bits per heavy atom. The third-order valence-electron chi connectivity index (χ3n) is 3.78. The van der Waals surface area contributed by atoms with Gasteiger partial charge in [-0.3, -0.25) is 4.90 Å². The van der Waals surface area contributed by atoms with Gasteiger partial charge in [-0.05, 0) is 45.4 Å². The molecule has 1 aliphatic heterocycles. The fourth-order valence-electron chi connectivity index (χ4n) is 2.75. The van der Waals surface area contributed by atoms with Crippen molar-refractivity contribution in [2.45, 2.75) is 51.6 Å². The summed E-state index contributed by atoms with van der Waals surface area (Å²) in [6.07, 6.45) is 6.14. The van der Waals surface area contributed by atoms with Crippen molar-refractivity contribution in [3.63, 3.8) is 0 Å². The van der Waals surface area contributed by atoms with Gasteiger partial charge in [0.25, 0.3) is 0 Å². The molecule has 1 heterocycles. The Bertz CT molecular complexity index is 200. The Morgan fingerprint density at radius 2 is 1.79 bits per heavy atom. The standard InChI is InChI=1S/C12H21NO/c1-9-5-12(8-14)6-10(2)13(9)7-11-3-4-11/h8-12H,3-7H2,1-2H3/t9-,10+,12?. The summed E-state index contributed by atoms with van der Waals surface area (Å²) in [5.74, 6) is 1.28. The maximum absolute atomic E-state index is 10.8. The van der Waals surface area contributed by atoms with Gasteiger partial charge in [0.15, 0.2) is 0 Å². The molecule has 1 saturated carbocycles. The van der Waals surface area contributed by atoms with Crippen molar-refractivity contribution in [2.75, 3.05) is 6.54 Å². The van der Waals surface area contributed by atoms with E-state index in [1.165, 1.54) is 19.4 Å². The van der Waals surface area contributed by atoms with Crippen molar-refractivity contribution in [3.8, 4) is 0 Å². The lowest BCUT2D eigenvalue weighted by Crippen LogP contribution is -2.47. The van der Waals surface area contributed by atoms with Gasteiger partial charge in [0.1, 0.15) is 6.29 Å². The summed E-state index contributed by atoms with van der Waals surface area (Å²) in [6, 6.07) is 1.21. The van der Waals surface area contributed by atoms with E-state index < -0.39 is 0 Å². The first-order valence-electron chi connectivity index (χ1n) is 5.91. The van der Waals surface area contributed by atoms with Crippen molar-refractivity contribution < 1.29 is 4.79 Å². The van der Waals surface area contributed by atoms with Crippen LogP contribution in [0.25, 0.3) is 0 Å². The Hall–Kier alpha value is -0.370. The third-order valence-corrected chi connectivity index (χ3v) is 3.78. The predicted octanol–water partition coefficient (Wildman–Crippen LogP) is 2.08. The number of aldehydes is 1. The Kier molecular flexibility index (Phi) is 2.91. The van der Waals surface area contributed by atoms with Gasteiger partial charge in [-0.1, -0.05) is 0 Å². The molecule has 1 aliphatic carbocycles. The Labute approximate surface area is 86.7 Å². The molecule has 2 heteroatoms. The minimum atomic E-state index is 0.315. The summed E-state index contributed by atoms with van der Waals surface area (Å²) in [7, 11) is 0. The lowest BCUT2D eigenvalue weighted by Gasteiger charge is -2.41. The largest absolute Gasteiger partial charge is 0.303 e. The highest BCUT2D eigenvalue weighted by atomic mass is 16.1. The SMILES string of the molecule is C[C@@H]1CC(C=O)C[C@H](C)N1CC1CC1. The summed E-state index contributed by atoms with van der Waals surface area (Å²) in [5, 5.41) is 0. The maximum atomic E-state index is 10.8. The number of carbonyl (C=O) groups is 1. The molecule has 0 aromatic heterocycles. The molecule has 0 bridgehead atoms. The highest BCUT2D eigenvalue weighted by Gasteiger charge is 2.34. The molecule has 0 spiro atoms. The molecular weight excluding hydrogens is 174 g/mol. The van der Waals surface area contributed by atoms with Crippen LogP contribution in [0.3, 0.4) is 0 Å². The van der Waals surface area contributed by atoms with Gasteiger partial charge in [-0.2, -0.15) is 0 Å². The fourth-order valence-corrected chi connectivity index (χ4v) is 2.75. The zero-order valence-corrected chi connectivity index (χ0v) is 9.28. The molecule has 1 unspecified atom stereocenters. The summed E-state index contributed by atoms with van der Waals surface area (Å²) in [5.41, 5.74) is 0. The zero-order chi connectivity index (χ0) is 10.1. The molecule has 0 N–H and O–H groups in total. The fraction of sp³-hybridized carbons (Fsp3) is 0.917. The van der Waals surface area contributed by atoms with Gasteiger partial charge in [0, 0.05) is 24.5 Å². The molecule has 0 aromatic carbocycles. The van der Waals surface area contributed by atoms with E-state index in [1.54, 1.807) is 0 Å². The van der Waals surface area contributed by atoms with Crippen LogP contribution in [0.4, 0.5) is 0 Å². The third kappa shape index (κ3) is 2.17. The number of likely N-dealkylation sites (tertiary alicyclic amines) is 1. The van der Waals surface area contributed by atoms with Crippen LogP contribution in [-0.2, 0) is 4.79 Å². The highest BCUT2D eigenvalue weighted by Crippen LogP contribution is 2.34. The van der Waals surface area contributed by atoms with Crippen molar-refractivity contribution in [1.29, 1.82) is 0 Å². The van der Waals surface area contributed by atoms with Crippen molar-refractivity contribution in [1.82, 2.24) is 4.90 Å². The molecule has 1 saturated heterocycles. The highest BCUT2D eigenvalue weighted by molar-refractivity contribution is 5.53. The smallest absolute Gasteiger partial charge is 0.123 e. The number of rotatable bonds is 3. The Morgan fingerprint density at radius 1 is 1.21 bits per heavy atom. The van der Waals surface area contributed by atoms with Gasteiger partial charge in [0.05, 0.1) is 0 Å². The lowest BCUT2D eigenvalue weighted by atomic mass is 9.88. The van der Waals surface area contributed by atoms with Crippen LogP contribution in [0.1, 0.15) is 39.5 Å². The summed E-state index contributed by atoms with van der Waals surface area (Å²) in [6.45, 7) is 5.82. The molecule has 2 aliphatic rings. The zero-order valence-electron chi connectivity index (χ0n) is 9.28. The lowest BCUT2D eigenvalue weighted by molar-refractivity contribution is -0.113. The van der Waals surface area contributed by atoms with Crippen LogP contribution >= 0.6 is 0 Å². The average molecular weight is 195 g/mol. The summed E-state index contributed by atoms with van der Waals surface area (Å²) in [4.78, 5) is 13.4. The number of piperidine rings is 1. The summed E-state index contributed by atoms with van der Waals surface area (Å²) < 4.78 is 0. The molecule has 0 amide bonds. The van der Waals surface area contributed by atoms with Crippen LogP contribution in [0.15, 0.2) is 0 Å². The van der Waals surface area contributed by atoms with Crippen molar-refractivity contribution in [2.24, 2.45) is 11.8 Å². The van der Waals surface area contributed by atoms with Crippen LogP contribution < -0.4 is 0 Å². The normalized spacial score (nSPS) is 39.7. The molecule has 14 heavy (non-hydrogen) atoms. The topological polar surface area (TPSA) is 20.3 Å². The van der Waals surface area contributed by atoms with Crippen LogP contribution in [-0.4, -0.2) is 29.8 Å². The molecule has 80 valence electrons. The van der Waals surface area contributed by atoms with Gasteiger partial charge in [-0.25, -0.2) is 0 Å². The number of hydrogen-bond acceptors (Lipinski definition) is 2. The molecule has 2 fully saturated rings. The minimum Gasteiger partial charge on any atom is -0.303 e. The second-order valence-corrected chi connectivity index (χ2v) is 5.21. The maximum Gasteiger partial charge on any atom is 0.123 e. The van der Waals surface area contributed by atoms with E-state index in [4.69, 9.17) is 0 Å². The van der Waals surface area contributed by atoms with E-state index >= 15 is 0 Å². The molecule has 2 rings (SSSR count). The second-order valence-electron chi connectivity index (χ2n) is 5.21. The molecule has 0 aromatic rings. The molecule has 0 radical (unpaired) electrons.